The van der Waals surface area contributed by atoms with Crippen molar-refractivity contribution in [3.05, 3.63) is 71.8 Å². The number of rotatable bonds is 0. The van der Waals surface area contributed by atoms with E-state index in [4.69, 9.17) is 0 Å². The Morgan fingerprint density at radius 1 is 1.00 bits per heavy atom. The summed E-state index contributed by atoms with van der Waals surface area (Å²) < 4.78 is 0. The quantitative estimate of drug-likeness (QED) is 0.481. The first-order chi connectivity index (χ1) is 7.38. The van der Waals surface area contributed by atoms with Crippen LogP contribution in [-0.4, -0.2) is 0 Å². The number of hydrogen-bond donors (Lipinski definition) is 0. The predicted molar refractivity (Wildman–Crippen MR) is 64.6 cm³/mol. The van der Waals surface area contributed by atoms with Crippen LogP contribution < -0.4 is 24.8 Å². The second kappa shape index (κ2) is 10.7. The van der Waals surface area contributed by atoms with Gasteiger partial charge in [-0.2, -0.15) is 23.8 Å². The molecule has 1 aliphatic rings. The third-order valence-electron chi connectivity index (χ3n) is 2.51. The molecule has 0 heterocycles. The Morgan fingerprint density at radius 2 is 1.61 bits per heavy atom. The van der Waals surface area contributed by atoms with Gasteiger partial charge in [0, 0.05) is 0 Å². The fourth-order valence-corrected chi connectivity index (χ4v) is 1.66. The van der Waals surface area contributed by atoms with Crippen molar-refractivity contribution >= 4 is 6.08 Å². The van der Waals surface area contributed by atoms with Crippen molar-refractivity contribution < 1.29 is 51.0 Å². The SMILES string of the molecule is CC1[C-]=Cc2ccccc21.[Cl-].[Cl-].[Zr+4].c1cc[cH-]c1. The Bertz CT molecular complexity index is 418. The zero-order chi connectivity index (χ0) is 10.5. The van der Waals surface area contributed by atoms with Gasteiger partial charge in [-0.05, 0) is 0 Å². The molecule has 0 spiro atoms. The molecule has 1 unspecified atom stereocenters. The number of halogens is 2. The molecule has 0 nitrogen and oxygen atoms in total. The van der Waals surface area contributed by atoms with Crippen LogP contribution in [0.2, 0.25) is 0 Å². The number of hydrogen-bond acceptors (Lipinski definition) is 0. The molecule has 0 N–H and O–H groups in total. The van der Waals surface area contributed by atoms with Crippen LogP contribution in [0, 0.1) is 6.08 Å². The van der Waals surface area contributed by atoms with E-state index in [2.05, 4.69) is 43.3 Å². The Balaban J connectivity index is 0. The third-order valence-corrected chi connectivity index (χ3v) is 2.51. The minimum Gasteiger partial charge on any atom is -1.00 e. The molecule has 0 aliphatic heterocycles. The van der Waals surface area contributed by atoms with Gasteiger partial charge in [-0.25, -0.2) is 18.2 Å². The van der Waals surface area contributed by atoms with Gasteiger partial charge in [0.15, 0.2) is 0 Å². The molecule has 92 valence electrons. The summed E-state index contributed by atoms with van der Waals surface area (Å²) >= 11 is 0. The van der Waals surface area contributed by atoms with E-state index in [9.17, 15) is 0 Å². The molecule has 0 saturated carbocycles. The van der Waals surface area contributed by atoms with Crippen molar-refractivity contribution in [3.8, 4) is 0 Å². The molecule has 18 heavy (non-hydrogen) atoms. The third kappa shape index (κ3) is 5.61. The summed E-state index contributed by atoms with van der Waals surface area (Å²) in [4.78, 5) is 0. The Kier molecular flexibility index (Phi) is 11.9. The van der Waals surface area contributed by atoms with Crippen molar-refractivity contribution in [2.45, 2.75) is 12.8 Å². The van der Waals surface area contributed by atoms with Gasteiger partial charge in [-0.1, -0.05) is 31.0 Å². The first-order valence-electron chi connectivity index (χ1n) is 5.23. The average Bonchev–Trinajstić information content (AvgIpc) is 2.92. The second-order valence-corrected chi connectivity index (χ2v) is 3.62. The fraction of sp³-hybridized carbons (Fsp3) is 0.133. The van der Waals surface area contributed by atoms with Gasteiger partial charge in [0.1, 0.15) is 0 Å². The second-order valence-electron chi connectivity index (χ2n) is 3.62. The van der Waals surface area contributed by atoms with Crippen LogP contribution in [-0.2, 0) is 26.2 Å². The molecule has 1 atom stereocenters. The average molecular weight is 356 g/mol. The summed E-state index contributed by atoms with van der Waals surface area (Å²) in [6.45, 7) is 2.17. The largest absolute Gasteiger partial charge is 4.00 e. The standard InChI is InChI=1S/C10H9.C5H5.2ClH.Zr/c1-8-6-7-9-4-2-3-5-10(8)9;1-2-4-5-3-1;;;/h2-5,7-8H,1H3;1-5H;2*1H;/q2*-1;;;+4/p-2. The summed E-state index contributed by atoms with van der Waals surface area (Å²) in [7, 11) is 0. The monoisotopic (exact) mass is 354 g/mol. The van der Waals surface area contributed by atoms with Crippen molar-refractivity contribution in [1.29, 1.82) is 0 Å². The summed E-state index contributed by atoms with van der Waals surface area (Å²) in [5.74, 6) is 0.496. The first kappa shape index (κ1) is 20.1. The maximum Gasteiger partial charge on any atom is 4.00 e. The van der Waals surface area contributed by atoms with Gasteiger partial charge in [-0.3, -0.25) is 6.08 Å². The van der Waals surface area contributed by atoms with Crippen molar-refractivity contribution in [3.63, 3.8) is 0 Å². The molecule has 1 aliphatic carbocycles. The van der Waals surface area contributed by atoms with E-state index in [1.165, 1.54) is 11.1 Å². The van der Waals surface area contributed by atoms with Crippen LogP contribution >= 0.6 is 0 Å². The van der Waals surface area contributed by atoms with E-state index in [0.29, 0.717) is 5.92 Å². The normalized spacial score (nSPS) is 13.9. The molecule has 0 saturated heterocycles. The van der Waals surface area contributed by atoms with Crippen LogP contribution in [0.25, 0.3) is 6.08 Å². The Morgan fingerprint density at radius 3 is 2.11 bits per heavy atom. The maximum absolute atomic E-state index is 3.26. The van der Waals surface area contributed by atoms with Crippen LogP contribution in [0.5, 0.6) is 0 Å². The summed E-state index contributed by atoms with van der Waals surface area (Å²) in [5.41, 5.74) is 2.73. The molecule has 0 aromatic heterocycles. The molecule has 2 aromatic rings. The van der Waals surface area contributed by atoms with Gasteiger partial charge < -0.3 is 24.8 Å². The van der Waals surface area contributed by atoms with E-state index in [1.54, 1.807) is 0 Å². The van der Waals surface area contributed by atoms with Gasteiger partial charge >= 0.3 is 26.2 Å². The molecular weight excluding hydrogens is 342 g/mol. The van der Waals surface area contributed by atoms with Gasteiger partial charge in [0.25, 0.3) is 0 Å². The molecule has 3 rings (SSSR count). The molecule has 0 radical (unpaired) electrons. The molecule has 0 fully saturated rings. The summed E-state index contributed by atoms with van der Waals surface area (Å²) in [6, 6.07) is 18.4. The van der Waals surface area contributed by atoms with E-state index < -0.39 is 0 Å². The molecule has 0 amide bonds. The van der Waals surface area contributed by atoms with E-state index in [0.717, 1.165) is 0 Å². The molecule has 2 aromatic carbocycles. The van der Waals surface area contributed by atoms with Gasteiger partial charge in [0.05, 0.1) is 0 Å². The fourth-order valence-electron chi connectivity index (χ4n) is 1.66. The molecule has 3 heteroatoms. The predicted octanol–water partition coefficient (Wildman–Crippen LogP) is -1.97. The maximum atomic E-state index is 3.26. The van der Waals surface area contributed by atoms with Crippen molar-refractivity contribution in [2.24, 2.45) is 0 Å². The Labute approximate surface area is 141 Å². The first-order valence-corrected chi connectivity index (χ1v) is 5.23. The van der Waals surface area contributed by atoms with Crippen LogP contribution in [0.3, 0.4) is 0 Å². The smallest absolute Gasteiger partial charge is 1.00 e. The zero-order valence-electron chi connectivity index (χ0n) is 10.1. The van der Waals surface area contributed by atoms with Crippen LogP contribution in [0.1, 0.15) is 24.0 Å². The summed E-state index contributed by atoms with van der Waals surface area (Å²) in [5, 5.41) is 0. The number of allylic oxidation sites excluding steroid dienone is 1. The van der Waals surface area contributed by atoms with E-state index >= 15 is 0 Å². The van der Waals surface area contributed by atoms with Gasteiger partial charge in [0.2, 0.25) is 0 Å². The van der Waals surface area contributed by atoms with Crippen LogP contribution in [0.4, 0.5) is 0 Å². The Hall–Kier alpha value is -0.227. The zero-order valence-corrected chi connectivity index (χ0v) is 14.1. The summed E-state index contributed by atoms with van der Waals surface area (Å²) in [6.07, 6.45) is 5.33. The topological polar surface area (TPSA) is 0 Å². The minimum absolute atomic E-state index is 0. The van der Waals surface area contributed by atoms with E-state index in [-0.39, 0.29) is 51.0 Å². The number of fused-ring (bicyclic) bond motifs is 1. The minimum atomic E-state index is 0. The number of benzene rings is 1. The molecular formula is C15H14Cl2Zr. The molecule has 0 bridgehead atoms. The van der Waals surface area contributed by atoms with Gasteiger partial charge in [-0.15, -0.1) is 11.6 Å². The van der Waals surface area contributed by atoms with Crippen LogP contribution in [0.15, 0.2) is 54.6 Å². The van der Waals surface area contributed by atoms with Crippen molar-refractivity contribution in [1.82, 2.24) is 0 Å². The van der Waals surface area contributed by atoms with Crippen molar-refractivity contribution in [2.75, 3.05) is 0 Å². The van der Waals surface area contributed by atoms with E-state index in [1.807, 2.05) is 30.3 Å².